The zero-order chi connectivity index (χ0) is 31.3. The SMILES string of the molecule is COCCOCCOCCOCCOCCOCCOCCOCCNC(=O)C(CCC(=O)O)NC(=O)OC(C)(C)C. The van der Waals surface area contributed by atoms with Crippen LogP contribution in [0.5, 0.6) is 0 Å². The first kappa shape index (κ1) is 39.9. The van der Waals surface area contributed by atoms with Crippen molar-refractivity contribution in [2.75, 3.05) is 113 Å². The van der Waals surface area contributed by atoms with Crippen molar-refractivity contribution in [2.45, 2.75) is 45.3 Å². The number of hydrogen-bond acceptors (Lipinski definition) is 12. The Kier molecular flexibility index (Phi) is 26.3. The maximum Gasteiger partial charge on any atom is 0.408 e. The summed E-state index contributed by atoms with van der Waals surface area (Å²) in [6, 6.07) is -1.04. The van der Waals surface area contributed by atoms with Gasteiger partial charge in [-0.3, -0.25) is 9.59 Å². The molecule has 3 N–H and O–H groups in total. The van der Waals surface area contributed by atoms with Crippen LogP contribution in [0.3, 0.4) is 0 Å². The van der Waals surface area contributed by atoms with Crippen LogP contribution >= 0.6 is 0 Å². The van der Waals surface area contributed by atoms with Crippen molar-refractivity contribution in [3.05, 3.63) is 0 Å². The molecule has 15 nitrogen and oxygen atoms in total. The van der Waals surface area contributed by atoms with Gasteiger partial charge in [0.25, 0.3) is 0 Å². The number of alkyl carbamates (subject to hydrolysis) is 1. The third-order valence-corrected chi connectivity index (χ3v) is 4.86. The Morgan fingerprint density at radius 3 is 1.38 bits per heavy atom. The van der Waals surface area contributed by atoms with Crippen LogP contribution in [-0.2, 0) is 52.2 Å². The number of carboxylic acids is 1. The van der Waals surface area contributed by atoms with Gasteiger partial charge in [0.2, 0.25) is 5.91 Å². The fourth-order valence-corrected chi connectivity index (χ4v) is 2.92. The van der Waals surface area contributed by atoms with E-state index < -0.39 is 29.6 Å². The van der Waals surface area contributed by atoms with Crippen molar-refractivity contribution in [1.29, 1.82) is 0 Å². The molecule has 0 aliphatic heterocycles. The smallest absolute Gasteiger partial charge is 0.408 e. The van der Waals surface area contributed by atoms with Gasteiger partial charge in [0, 0.05) is 20.1 Å². The molecule has 0 fully saturated rings. The summed E-state index contributed by atoms with van der Waals surface area (Å²) in [5.74, 6) is -1.59. The van der Waals surface area contributed by atoms with Crippen LogP contribution in [0, 0.1) is 0 Å². The molecule has 0 saturated carbocycles. The summed E-state index contributed by atoms with van der Waals surface area (Å²) in [5, 5.41) is 13.9. The van der Waals surface area contributed by atoms with Gasteiger partial charge < -0.3 is 58.4 Å². The van der Waals surface area contributed by atoms with E-state index in [1.165, 1.54) is 0 Å². The molecule has 2 amide bonds. The third kappa shape index (κ3) is 29.4. The van der Waals surface area contributed by atoms with Gasteiger partial charge in [-0.25, -0.2) is 4.79 Å². The summed E-state index contributed by atoms with van der Waals surface area (Å²) in [6.07, 6.45) is -1.14. The van der Waals surface area contributed by atoms with Gasteiger partial charge in [-0.05, 0) is 27.2 Å². The molecule has 0 aromatic carbocycles. The third-order valence-electron chi connectivity index (χ3n) is 4.86. The lowest BCUT2D eigenvalue weighted by Crippen LogP contribution is -2.49. The summed E-state index contributed by atoms with van der Waals surface area (Å²) < 4.78 is 47.8. The number of methoxy groups -OCH3 is 1. The fourth-order valence-electron chi connectivity index (χ4n) is 2.92. The minimum atomic E-state index is -1.07. The van der Waals surface area contributed by atoms with Crippen molar-refractivity contribution in [3.63, 3.8) is 0 Å². The second-order valence-electron chi connectivity index (χ2n) is 9.70. The molecule has 0 bridgehead atoms. The summed E-state index contributed by atoms with van der Waals surface area (Å²) in [7, 11) is 1.63. The Morgan fingerprint density at radius 1 is 0.643 bits per heavy atom. The first-order valence-electron chi connectivity index (χ1n) is 14.2. The Morgan fingerprint density at radius 2 is 1.02 bits per heavy atom. The second-order valence-corrected chi connectivity index (χ2v) is 9.70. The van der Waals surface area contributed by atoms with E-state index >= 15 is 0 Å². The summed E-state index contributed by atoms with van der Waals surface area (Å²) in [5.41, 5.74) is -0.748. The molecular weight excluding hydrogens is 560 g/mol. The number of nitrogens with one attached hydrogen (secondary N) is 2. The van der Waals surface area contributed by atoms with E-state index in [4.69, 9.17) is 47.7 Å². The van der Waals surface area contributed by atoms with Gasteiger partial charge in [0.1, 0.15) is 11.6 Å². The number of amides is 2. The molecule has 0 aliphatic rings. The van der Waals surface area contributed by atoms with E-state index in [-0.39, 0.29) is 26.0 Å². The van der Waals surface area contributed by atoms with Gasteiger partial charge in [0.05, 0.1) is 99.1 Å². The number of carbonyl (C=O) groups is 3. The molecule has 1 atom stereocenters. The highest BCUT2D eigenvalue weighted by Crippen LogP contribution is 2.08. The van der Waals surface area contributed by atoms with E-state index in [1.807, 2.05) is 0 Å². The van der Waals surface area contributed by atoms with Gasteiger partial charge in [-0.1, -0.05) is 0 Å². The summed E-state index contributed by atoms with van der Waals surface area (Å²) >= 11 is 0. The average molecular weight is 613 g/mol. The second kappa shape index (κ2) is 27.7. The minimum Gasteiger partial charge on any atom is -0.481 e. The van der Waals surface area contributed by atoms with E-state index in [0.29, 0.717) is 92.5 Å². The first-order valence-corrected chi connectivity index (χ1v) is 14.2. The van der Waals surface area contributed by atoms with Crippen molar-refractivity contribution in [3.8, 4) is 0 Å². The largest absolute Gasteiger partial charge is 0.481 e. The Bertz CT molecular complexity index is 677. The normalized spacial score (nSPS) is 12.2. The molecule has 0 aliphatic carbocycles. The van der Waals surface area contributed by atoms with E-state index in [9.17, 15) is 14.4 Å². The number of rotatable bonds is 29. The zero-order valence-corrected chi connectivity index (χ0v) is 25.7. The molecule has 0 aromatic heterocycles. The van der Waals surface area contributed by atoms with Gasteiger partial charge in [-0.15, -0.1) is 0 Å². The molecule has 15 heteroatoms. The molecule has 248 valence electrons. The molecule has 0 spiro atoms. The summed E-state index contributed by atoms with van der Waals surface area (Å²) in [4.78, 5) is 35.2. The molecule has 0 rings (SSSR count). The Balaban J connectivity index is 3.56. The Labute approximate surface area is 249 Å². The molecule has 1 unspecified atom stereocenters. The van der Waals surface area contributed by atoms with Crippen molar-refractivity contribution in [1.82, 2.24) is 10.6 Å². The van der Waals surface area contributed by atoms with E-state index in [2.05, 4.69) is 10.6 Å². The quantitative estimate of drug-likeness (QED) is 0.100. The predicted molar refractivity (Wildman–Crippen MR) is 151 cm³/mol. The van der Waals surface area contributed by atoms with Crippen LogP contribution in [0.25, 0.3) is 0 Å². The van der Waals surface area contributed by atoms with Crippen LogP contribution in [0.1, 0.15) is 33.6 Å². The van der Waals surface area contributed by atoms with Crippen LogP contribution in [0.4, 0.5) is 4.79 Å². The van der Waals surface area contributed by atoms with Crippen molar-refractivity contribution < 1.29 is 62.1 Å². The van der Waals surface area contributed by atoms with Crippen LogP contribution in [0.15, 0.2) is 0 Å². The topological polar surface area (TPSA) is 179 Å². The number of ether oxygens (including phenoxy) is 9. The average Bonchev–Trinajstić information content (AvgIpc) is 2.92. The number of carbonyl (C=O) groups excluding carboxylic acids is 2. The number of carboxylic acid groups (broad SMARTS) is 1. The predicted octanol–water partition coefficient (Wildman–Crippen LogP) is 0.623. The molecular formula is C27H52N2O13. The van der Waals surface area contributed by atoms with Crippen LogP contribution in [0.2, 0.25) is 0 Å². The maximum absolute atomic E-state index is 12.4. The number of aliphatic carboxylic acids is 1. The van der Waals surface area contributed by atoms with Crippen LogP contribution < -0.4 is 10.6 Å². The number of hydrogen-bond donors (Lipinski definition) is 3. The first-order chi connectivity index (χ1) is 20.2. The highest BCUT2D eigenvalue weighted by molar-refractivity contribution is 5.86. The van der Waals surface area contributed by atoms with Gasteiger partial charge in [0.15, 0.2) is 0 Å². The van der Waals surface area contributed by atoms with Crippen LogP contribution in [-0.4, -0.2) is 147 Å². The fraction of sp³-hybridized carbons (Fsp3) is 0.889. The van der Waals surface area contributed by atoms with E-state index in [1.54, 1.807) is 27.9 Å². The summed E-state index contributed by atoms with van der Waals surface area (Å²) in [6.45, 7) is 12.0. The molecule has 0 aromatic rings. The lowest BCUT2D eigenvalue weighted by Gasteiger charge is -2.23. The zero-order valence-electron chi connectivity index (χ0n) is 25.7. The van der Waals surface area contributed by atoms with Crippen molar-refractivity contribution in [2.24, 2.45) is 0 Å². The van der Waals surface area contributed by atoms with Crippen molar-refractivity contribution >= 4 is 18.0 Å². The lowest BCUT2D eigenvalue weighted by molar-refractivity contribution is -0.137. The monoisotopic (exact) mass is 612 g/mol. The van der Waals surface area contributed by atoms with Gasteiger partial charge >= 0.3 is 12.1 Å². The highest BCUT2D eigenvalue weighted by atomic mass is 16.6. The standard InChI is InChI=1S/C27H52N2O13/c1-27(2,3)42-26(33)29-23(5-6-24(30)31)25(32)28-7-8-35-11-12-37-15-16-39-19-20-41-22-21-40-18-17-38-14-13-36-10-9-34-4/h23H,5-22H2,1-4H3,(H,28,32)(H,29,33)(H,30,31). The molecule has 0 saturated heterocycles. The molecule has 0 radical (unpaired) electrons. The van der Waals surface area contributed by atoms with Gasteiger partial charge in [-0.2, -0.15) is 0 Å². The lowest BCUT2D eigenvalue weighted by atomic mass is 10.1. The minimum absolute atomic E-state index is 0.0683. The molecule has 0 heterocycles. The Hall–Kier alpha value is -2.11. The van der Waals surface area contributed by atoms with E-state index in [0.717, 1.165) is 0 Å². The maximum atomic E-state index is 12.4. The molecule has 42 heavy (non-hydrogen) atoms. The highest BCUT2D eigenvalue weighted by Gasteiger charge is 2.24.